The SMILES string of the molecule is O=C(NC1CCCCC1)c1ccn2c(-c3nc(N[C@H]4CNCC[C@@H]4F)c(F)cc3F)cnc2c1. The fourth-order valence-corrected chi connectivity index (χ4v) is 4.70. The molecule has 1 amide bonds. The number of nitrogens with one attached hydrogen (secondary N) is 3. The van der Waals surface area contributed by atoms with Gasteiger partial charge < -0.3 is 16.0 Å². The molecule has 0 aromatic carbocycles. The van der Waals surface area contributed by atoms with Crippen molar-refractivity contribution in [3.63, 3.8) is 0 Å². The average molecular weight is 473 g/mol. The average Bonchev–Trinajstić information content (AvgIpc) is 3.26. The van der Waals surface area contributed by atoms with Crippen molar-refractivity contribution >= 4 is 17.4 Å². The smallest absolute Gasteiger partial charge is 0.251 e. The number of hydrogen-bond acceptors (Lipinski definition) is 5. The van der Waals surface area contributed by atoms with Gasteiger partial charge in [-0.25, -0.2) is 23.1 Å². The Morgan fingerprint density at radius 3 is 2.74 bits per heavy atom. The van der Waals surface area contributed by atoms with Gasteiger partial charge in [0, 0.05) is 30.4 Å². The van der Waals surface area contributed by atoms with E-state index in [1.807, 2.05) is 0 Å². The maximum atomic E-state index is 14.7. The van der Waals surface area contributed by atoms with Gasteiger partial charge >= 0.3 is 0 Å². The highest BCUT2D eigenvalue weighted by Crippen LogP contribution is 2.27. The molecule has 7 nitrogen and oxygen atoms in total. The lowest BCUT2D eigenvalue weighted by atomic mass is 9.95. The lowest BCUT2D eigenvalue weighted by molar-refractivity contribution is 0.0927. The van der Waals surface area contributed by atoms with Crippen molar-refractivity contribution < 1.29 is 18.0 Å². The van der Waals surface area contributed by atoms with E-state index in [4.69, 9.17) is 0 Å². The van der Waals surface area contributed by atoms with Gasteiger partial charge in [0.05, 0.1) is 17.9 Å². The van der Waals surface area contributed by atoms with Crippen LogP contribution in [0.3, 0.4) is 0 Å². The molecule has 0 spiro atoms. The van der Waals surface area contributed by atoms with Crippen LogP contribution in [0.2, 0.25) is 0 Å². The summed E-state index contributed by atoms with van der Waals surface area (Å²) < 4.78 is 44.9. The first kappa shape index (κ1) is 22.6. The van der Waals surface area contributed by atoms with E-state index < -0.39 is 23.8 Å². The zero-order valence-electron chi connectivity index (χ0n) is 18.7. The summed E-state index contributed by atoms with van der Waals surface area (Å²) in [5.74, 6) is -2.14. The number of halogens is 3. The topological polar surface area (TPSA) is 83.4 Å². The molecule has 0 unspecified atom stereocenters. The second kappa shape index (κ2) is 9.61. The number of imidazole rings is 1. The minimum Gasteiger partial charge on any atom is -0.361 e. The number of anilines is 1. The Balaban J connectivity index is 1.41. The molecule has 5 rings (SSSR count). The Morgan fingerprint density at radius 1 is 1.12 bits per heavy atom. The minimum absolute atomic E-state index is 0.116. The molecule has 2 aliphatic rings. The number of hydrogen-bond donors (Lipinski definition) is 3. The van der Waals surface area contributed by atoms with Gasteiger partial charge in [0.2, 0.25) is 0 Å². The van der Waals surface area contributed by atoms with E-state index in [9.17, 15) is 18.0 Å². The number of piperidine rings is 1. The van der Waals surface area contributed by atoms with E-state index in [0.717, 1.165) is 31.7 Å². The van der Waals surface area contributed by atoms with E-state index in [1.54, 1.807) is 22.7 Å². The van der Waals surface area contributed by atoms with Crippen molar-refractivity contribution in [2.45, 2.75) is 56.8 Å². The molecule has 10 heteroatoms. The first-order valence-corrected chi connectivity index (χ1v) is 11.8. The van der Waals surface area contributed by atoms with Crippen LogP contribution < -0.4 is 16.0 Å². The predicted octanol–water partition coefficient (Wildman–Crippen LogP) is 3.85. The third-order valence-corrected chi connectivity index (χ3v) is 6.61. The van der Waals surface area contributed by atoms with E-state index in [1.165, 1.54) is 12.6 Å². The molecule has 0 radical (unpaired) electrons. The molecular formula is C24H27F3N6O. The van der Waals surface area contributed by atoms with Crippen LogP contribution >= 0.6 is 0 Å². The number of nitrogens with zero attached hydrogens (tertiary/aromatic N) is 3. The number of rotatable bonds is 5. The highest BCUT2D eigenvalue weighted by atomic mass is 19.1. The third kappa shape index (κ3) is 4.59. The molecule has 1 saturated carbocycles. The Labute approximate surface area is 195 Å². The van der Waals surface area contributed by atoms with Crippen LogP contribution in [0.25, 0.3) is 17.0 Å². The standard InChI is InChI=1S/C24H27F3N6O/c25-16-6-8-28-12-19(16)31-23-18(27)11-17(26)22(32-23)20-13-29-21-10-14(7-9-33(20)21)24(34)30-15-4-2-1-3-5-15/h7,9-11,13,15-16,19,28H,1-6,8,12H2,(H,30,34)(H,31,32)/t16-,19-/m0/s1. The molecule has 180 valence electrons. The number of aromatic nitrogens is 3. The van der Waals surface area contributed by atoms with Crippen LogP contribution in [-0.4, -0.2) is 51.6 Å². The van der Waals surface area contributed by atoms with Crippen LogP contribution in [0.4, 0.5) is 19.0 Å². The fraction of sp³-hybridized carbons (Fsp3) is 0.458. The minimum atomic E-state index is -1.16. The molecule has 2 atom stereocenters. The van der Waals surface area contributed by atoms with E-state index in [2.05, 4.69) is 25.9 Å². The molecule has 34 heavy (non-hydrogen) atoms. The van der Waals surface area contributed by atoms with Gasteiger partial charge in [-0.15, -0.1) is 0 Å². The summed E-state index contributed by atoms with van der Waals surface area (Å²) in [6, 6.07) is 3.52. The Bertz CT molecular complexity index is 1190. The molecule has 1 saturated heterocycles. The highest BCUT2D eigenvalue weighted by Gasteiger charge is 2.27. The number of alkyl halides is 1. The largest absolute Gasteiger partial charge is 0.361 e. The van der Waals surface area contributed by atoms with Gasteiger partial charge in [-0.2, -0.15) is 0 Å². The Morgan fingerprint density at radius 2 is 1.94 bits per heavy atom. The fourth-order valence-electron chi connectivity index (χ4n) is 4.70. The third-order valence-electron chi connectivity index (χ3n) is 6.61. The zero-order chi connectivity index (χ0) is 23.7. The molecule has 1 aliphatic carbocycles. The highest BCUT2D eigenvalue weighted by molar-refractivity contribution is 5.95. The van der Waals surface area contributed by atoms with Gasteiger partial charge in [0.1, 0.15) is 17.5 Å². The molecule has 0 bridgehead atoms. The predicted molar refractivity (Wildman–Crippen MR) is 122 cm³/mol. The lowest BCUT2D eigenvalue weighted by Gasteiger charge is -2.28. The van der Waals surface area contributed by atoms with Crippen LogP contribution in [0, 0.1) is 11.6 Å². The second-order valence-electron chi connectivity index (χ2n) is 9.00. The van der Waals surface area contributed by atoms with E-state index in [-0.39, 0.29) is 23.5 Å². The van der Waals surface area contributed by atoms with Crippen molar-refractivity contribution in [3.8, 4) is 11.4 Å². The number of carbonyl (C=O) groups is 1. The summed E-state index contributed by atoms with van der Waals surface area (Å²) in [5.41, 5.74) is 1.08. The van der Waals surface area contributed by atoms with Gasteiger partial charge in [-0.3, -0.25) is 9.20 Å². The Hall–Kier alpha value is -3.14. The van der Waals surface area contributed by atoms with Crippen molar-refractivity contribution in [1.29, 1.82) is 0 Å². The van der Waals surface area contributed by atoms with Crippen LogP contribution in [0.15, 0.2) is 30.6 Å². The maximum Gasteiger partial charge on any atom is 0.251 e. The second-order valence-corrected chi connectivity index (χ2v) is 9.00. The number of fused-ring (bicyclic) bond motifs is 1. The normalized spacial score (nSPS) is 21.5. The van der Waals surface area contributed by atoms with Crippen molar-refractivity contribution in [2.24, 2.45) is 0 Å². The molecular weight excluding hydrogens is 445 g/mol. The van der Waals surface area contributed by atoms with Crippen molar-refractivity contribution in [3.05, 3.63) is 47.8 Å². The summed E-state index contributed by atoms with van der Waals surface area (Å²) >= 11 is 0. The maximum absolute atomic E-state index is 14.7. The molecule has 3 aromatic heterocycles. The molecule has 3 aromatic rings. The summed E-state index contributed by atoms with van der Waals surface area (Å²) in [4.78, 5) is 21.1. The quantitative estimate of drug-likeness (QED) is 0.526. The monoisotopic (exact) mass is 472 g/mol. The summed E-state index contributed by atoms with van der Waals surface area (Å²) in [7, 11) is 0. The lowest BCUT2D eigenvalue weighted by Crippen LogP contribution is -2.46. The number of carbonyl (C=O) groups excluding carboxylic acids is 1. The van der Waals surface area contributed by atoms with Gasteiger partial charge in [0.15, 0.2) is 17.5 Å². The molecule has 4 heterocycles. The van der Waals surface area contributed by atoms with Crippen LogP contribution in [-0.2, 0) is 0 Å². The van der Waals surface area contributed by atoms with Gasteiger partial charge in [0.25, 0.3) is 5.91 Å². The molecule has 1 aliphatic heterocycles. The van der Waals surface area contributed by atoms with E-state index in [0.29, 0.717) is 36.4 Å². The molecule has 3 N–H and O–H groups in total. The van der Waals surface area contributed by atoms with Crippen molar-refractivity contribution in [1.82, 2.24) is 25.0 Å². The van der Waals surface area contributed by atoms with Gasteiger partial charge in [-0.05, 0) is 37.9 Å². The summed E-state index contributed by atoms with van der Waals surface area (Å²) in [6.45, 7) is 0.864. The summed E-state index contributed by atoms with van der Waals surface area (Å²) in [5, 5.41) is 8.88. The number of pyridine rings is 2. The Kier molecular flexibility index (Phi) is 6.40. The zero-order valence-corrected chi connectivity index (χ0v) is 18.7. The van der Waals surface area contributed by atoms with Crippen molar-refractivity contribution in [2.75, 3.05) is 18.4 Å². The van der Waals surface area contributed by atoms with Crippen LogP contribution in [0.1, 0.15) is 48.9 Å². The first-order chi connectivity index (χ1) is 16.5. The summed E-state index contributed by atoms with van der Waals surface area (Å²) in [6.07, 6.45) is 7.57. The van der Waals surface area contributed by atoms with Crippen LogP contribution in [0.5, 0.6) is 0 Å². The molecule has 2 fully saturated rings. The van der Waals surface area contributed by atoms with E-state index >= 15 is 0 Å². The first-order valence-electron chi connectivity index (χ1n) is 11.8. The van der Waals surface area contributed by atoms with Gasteiger partial charge in [-0.1, -0.05) is 19.3 Å². The number of amides is 1.